The highest BCUT2D eigenvalue weighted by atomic mass is 32.2. The second-order valence-electron chi connectivity index (χ2n) is 4.80. The molecule has 0 aromatic heterocycles. The topological polar surface area (TPSA) is 75.7 Å². The molecule has 7 heteroatoms. The van der Waals surface area contributed by atoms with Gasteiger partial charge in [0.15, 0.2) is 0 Å². The molecule has 1 aromatic rings. The van der Waals surface area contributed by atoms with E-state index in [2.05, 4.69) is 5.32 Å². The van der Waals surface area contributed by atoms with Gasteiger partial charge in [-0.3, -0.25) is 4.79 Å². The van der Waals surface area contributed by atoms with Crippen LogP contribution in [0.2, 0.25) is 0 Å². The van der Waals surface area contributed by atoms with Crippen LogP contribution in [0.15, 0.2) is 29.2 Å². The van der Waals surface area contributed by atoms with Gasteiger partial charge in [0, 0.05) is 34.4 Å². The summed E-state index contributed by atoms with van der Waals surface area (Å²) in [6, 6.07) is 6.35. The number of hydrogen-bond acceptors (Lipinski definition) is 4. The van der Waals surface area contributed by atoms with Gasteiger partial charge in [-0.25, -0.2) is 12.7 Å². The molecule has 0 aliphatic carbocycles. The first-order valence-corrected chi connectivity index (χ1v) is 8.09. The van der Waals surface area contributed by atoms with Gasteiger partial charge in [-0.1, -0.05) is 12.1 Å². The average Bonchev–Trinajstić information content (AvgIpc) is 2.44. The Bertz CT molecular complexity index is 553. The Hall–Kier alpha value is -1.44. The summed E-state index contributed by atoms with van der Waals surface area (Å²) in [5, 5.41) is 2.78. The van der Waals surface area contributed by atoms with Crippen LogP contribution in [0.4, 0.5) is 0 Å². The van der Waals surface area contributed by atoms with Crippen LogP contribution in [0.5, 0.6) is 0 Å². The smallest absolute Gasteiger partial charge is 0.242 e. The Morgan fingerprint density at radius 3 is 2.38 bits per heavy atom. The number of rotatable bonds is 8. The fraction of sp³-hybridized carbons (Fsp3) is 0.500. The summed E-state index contributed by atoms with van der Waals surface area (Å²) in [7, 11) is 1.16. The van der Waals surface area contributed by atoms with Gasteiger partial charge in [0.25, 0.3) is 0 Å². The monoisotopic (exact) mass is 314 g/mol. The van der Waals surface area contributed by atoms with Crippen LogP contribution in [0, 0.1) is 0 Å². The van der Waals surface area contributed by atoms with Crippen molar-refractivity contribution < 1.29 is 17.9 Å². The zero-order valence-electron chi connectivity index (χ0n) is 12.6. The standard InChI is InChI=1S/C14H22N2O4S/c1-16(2)21(18,19)13-7-5-12(6-8-13)11-14(17)15-9-4-10-20-3/h5-8H,4,9-11H2,1-3H3,(H,15,17). The molecular formula is C14H22N2O4S. The zero-order valence-corrected chi connectivity index (χ0v) is 13.4. The number of benzene rings is 1. The minimum Gasteiger partial charge on any atom is -0.385 e. The number of sulfonamides is 1. The van der Waals surface area contributed by atoms with Gasteiger partial charge in [-0.15, -0.1) is 0 Å². The fourth-order valence-electron chi connectivity index (χ4n) is 1.68. The largest absolute Gasteiger partial charge is 0.385 e. The first-order chi connectivity index (χ1) is 9.87. The van der Waals surface area contributed by atoms with Gasteiger partial charge in [0.05, 0.1) is 11.3 Å². The second-order valence-corrected chi connectivity index (χ2v) is 6.96. The van der Waals surface area contributed by atoms with Crippen LogP contribution >= 0.6 is 0 Å². The first-order valence-electron chi connectivity index (χ1n) is 6.65. The molecule has 118 valence electrons. The molecule has 0 heterocycles. The van der Waals surface area contributed by atoms with Gasteiger partial charge in [0.2, 0.25) is 15.9 Å². The molecule has 1 amide bonds. The Labute approximate surface area is 126 Å². The summed E-state index contributed by atoms with van der Waals surface area (Å²) in [5.74, 6) is -0.0886. The van der Waals surface area contributed by atoms with Gasteiger partial charge < -0.3 is 10.1 Å². The SMILES string of the molecule is COCCCNC(=O)Cc1ccc(S(=O)(=O)N(C)C)cc1. The minimum atomic E-state index is -3.42. The van der Waals surface area contributed by atoms with Crippen LogP contribution < -0.4 is 5.32 Å². The number of carbonyl (C=O) groups excluding carboxylic acids is 1. The van der Waals surface area contributed by atoms with E-state index in [9.17, 15) is 13.2 Å². The van der Waals surface area contributed by atoms with E-state index in [1.54, 1.807) is 19.2 Å². The average molecular weight is 314 g/mol. The molecule has 0 radical (unpaired) electrons. The van der Waals surface area contributed by atoms with Crippen molar-refractivity contribution >= 4 is 15.9 Å². The van der Waals surface area contributed by atoms with Crippen molar-refractivity contribution in [1.82, 2.24) is 9.62 Å². The van der Waals surface area contributed by atoms with Crippen LogP contribution in [0.25, 0.3) is 0 Å². The van der Waals surface area contributed by atoms with Gasteiger partial charge in [-0.2, -0.15) is 0 Å². The van der Waals surface area contributed by atoms with Crippen LogP contribution in [0.3, 0.4) is 0 Å². The summed E-state index contributed by atoms with van der Waals surface area (Å²) < 4.78 is 29.9. The molecule has 1 aromatic carbocycles. The highest BCUT2D eigenvalue weighted by Gasteiger charge is 2.16. The quantitative estimate of drug-likeness (QED) is 0.714. The third kappa shape index (κ3) is 5.45. The molecule has 1 N–H and O–H groups in total. The lowest BCUT2D eigenvalue weighted by atomic mass is 10.1. The summed E-state index contributed by atoms with van der Waals surface area (Å²) >= 11 is 0. The Kier molecular flexibility index (Phi) is 6.80. The molecule has 0 spiro atoms. The molecule has 0 atom stereocenters. The lowest BCUT2D eigenvalue weighted by Crippen LogP contribution is -2.26. The number of hydrogen-bond donors (Lipinski definition) is 1. The van der Waals surface area contributed by atoms with E-state index < -0.39 is 10.0 Å². The molecule has 0 aliphatic rings. The van der Waals surface area contributed by atoms with Gasteiger partial charge in [0.1, 0.15) is 0 Å². The molecule has 0 fully saturated rings. The molecule has 0 unspecified atom stereocenters. The van der Waals surface area contributed by atoms with Crippen molar-refractivity contribution in [2.24, 2.45) is 0 Å². The summed E-state index contributed by atoms with van der Waals surface area (Å²) in [6.45, 7) is 1.18. The Morgan fingerprint density at radius 1 is 1.24 bits per heavy atom. The third-order valence-corrected chi connectivity index (χ3v) is 4.74. The van der Waals surface area contributed by atoms with Crippen molar-refractivity contribution in [3.63, 3.8) is 0 Å². The Balaban J connectivity index is 2.57. The van der Waals surface area contributed by atoms with E-state index in [1.165, 1.54) is 26.2 Å². The number of nitrogens with one attached hydrogen (secondary N) is 1. The first kappa shape index (κ1) is 17.6. The summed E-state index contributed by atoms with van der Waals surface area (Å²) in [5.41, 5.74) is 0.775. The van der Waals surface area contributed by atoms with Gasteiger partial charge in [-0.05, 0) is 24.1 Å². The predicted octanol–water partition coefficient (Wildman–Crippen LogP) is 0.632. The maximum atomic E-state index is 11.9. The van der Waals surface area contributed by atoms with Crippen LogP contribution in [0.1, 0.15) is 12.0 Å². The number of carbonyl (C=O) groups is 1. The van der Waals surface area contributed by atoms with Crippen molar-refractivity contribution in [1.29, 1.82) is 0 Å². The van der Waals surface area contributed by atoms with E-state index in [1.807, 2.05) is 0 Å². The lowest BCUT2D eigenvalue weighted by molar-refractivity contribution is -0.120. The fourth-order valence-corrected chi connectivity index (χ4v) is 2.58. The predicted molar refractivity (Wildman–Crippen MR) is 80.5 cm³/mol. The highest BCUT2D eigenvalue weighted by Crippen LogP contribution is 2.14. The molecule has 1 rings (SSSR count). The van der Waals surface area contributed by atoms with Crippen LogP contribution in [-0.4, -0.2) is 53.0 Å². The minimum absolute atomic E-state index is 0.0886. The van der Waals surface area contributed by atoms with Crippen LogP contribution in [-0.2, 0) is 26.0 Å². The second kappa shape index (κ2) is 8.11. The number of nitrogens with zero attached hydrogens (tertiary/aromatic N) is 1. The lowest BCUT2D eigenvalue weighted by Gasteiger charge is -2.11. The van der Waals surface area contributed by atoms with Crippen molar-refractivity contribution in [2.75, 3.05) is 34.4 Å². The molecule has 0 saturated carbocycles. The van der Waals surface area contributed by atoms with E-state index in [0.29, 0.717) is 13.2 Å². The molecular weight excluding hydrogens is 292 g/mol. The van der Waals surface area contributed by atoms with Gasteiger partial charge >= 0.3 is 0 Å². The highest BCUT2D eigenvalue weighted by molar-refractivity contribution is 7.89. The third-order valence-electron chi connectivity index (χ3n) is 2.91. The van der Waals surface area contributed by atoms with E-state index in [4.69, 9.17) is 4.74 Å². The van der Waals surface area contributed by atoms with Crippen molar-refractivity contribution in [3.8, 4) is 0 Å². The normalized spacial score (nSPS) is 11.6. The molecule has 21 heavy (non-hydrogen) atoms. The number of amides is 1. The summed E-state index contributed by atoms with van der Waals surface area (Å²) in [6.07, 6.45) is 0.998. The van der Waals surface area contributed by atoms with Crippen molar-refractivity contribution in [2.45, 2.75) is 17.7 Å². The van der Waals surface area contributed by atoms with Crippen molar-refractivity contribution in [3.05, 3.63) is 29.8 Å². The molecule has 0 aliphatic heterocycles. The maximum absolute atomic E-state index is 11.9. The zero-order chi connectivity index (χ0) is 15.9. The summed E-state index contributed by atoms with van der Waals surface area (Å²) in [4.78, 5) is 11.9. The van der Waals surface area contributed by atoms with E-state index >= 15 is 0 Å². The molecule has 6 nitrogen and oxygen atoms in total. The number of methoxy groups -OCH3 is 1. The molecule has 0 saturated heterocycles. The van der Waals surface area contributed by atoms with E-state index in [-0.39, 0.29) is 17.2 Å². The maximum Gasteiger partial charge on any atom is 0.242 e. The molecule has 0 bridgehead atoms. The number of ether oxygens (including phenoxy) is 1. The van der Waals surface area contributed by atoms with E-state index in [0.717, 1.165) is 16.3 Å². The Morgan fingerprint density at radius 2 is 1.86 bits per heavy atom.